The second-order valence-corrected chi connectivity index (χ2v) is 8.77. The first-order valence-corrected chi connectivity index (χ1v) is 11.2. The van der Waals surface area contributed by atoms with Gasteiger partial charge in [0.1, 0.15) is 10.7 Å². The van der Waals surface area contributed by atoms with Gasteiger partial charge >= 0.3 is 0 Å². The third kappa shape index (κ3) is 5.87. The summed E-state index contributed by atoms with van der Waals surface area (Å²) in [6.45, 7) is 3.35. The zero-order valence-electron chi connectivity index (χ0n) is 16.6. The number of aromatic nitrogens is 2. The molecule has 1 amide bonds. The van der Waals surface area contributed by atoms with Crippen molar-refractivity contribution in [3.05, 3.63) is 58.8 Å². The van der Waals surface area contributed by atoms with Gasteiger partial charge in [-0.05, 0) is 62.6 Å². The molecule has 0 radical (unpaired) electrons. The smallest absolute Gasteiger partial charge is 0.270 e. The van der Waals surface area contributed by atoms with E-state index < -0.39 is 0 Å². The van der Waals surface area contributed by atoms with Crippen molar-refractivity contribution in [2.75, 3.05) is 19.6 Å². The van der Waals surface area contributed by atoms with Gasteiger partial charge in [0, 0.05) is 30.9 Å². The summed E-state index contributed by atoms with van der Waals surface area (Å²) in [5.74, 6) is 1.03. The number of thiazole rings is 1. The summed E-state index contributed by atoms with van der Waals surface area (Å²) >= 11 is 1.62. The molecular weight excluding hydrogens is 404 g/mol. The number of halogens is 1. The molecule has 0 saturated carbocycles. The van der Waals surface area contributed by atoms with Gasteiger partial charge in [0.05, 0.1) is 6.04 Å². The third-order valence-electron chi connectivity index (χ3n) is 5.81. The molecule has 7 heteroatoms. The molecule has 156 valence electrons. The third-order valence-corrected chi connectivity index (χ3v) is 6.67. The number of likely N-dealkylation sites (tertiary alicyclic amines) is 1. The fraction of sp³-hybridized carbons (Fsp3) is 0.500. The molecular formula is C22H29ClN4OS. The maximum absolute atomic E-state index is 12.8. The lowest BCUT2D eigenvalue weighted by atomic mass is 9.88. The number of carbonyl (C=O) groups is 1. The van der Waals surface area contributed by atoms with Crippen LogP contribution < -0.4 is 5.32 Å². The minimum atomic E-state index is -0.115. The Hall–Kier alpha value is -1.76. The first-order chi connectivity index (χ1) is 13.8. The molecule has 29 heavy (non-hydrogen) atoms. The minimum absolute atomic E-state index is 0. The topological polar surface area (TPSA) is 58.1 Å². The molecule has 3 atom stereocenters. The van der Waals surface area contributed by atoms with Crippen LogP contribution in [0.4, 0.5) is 0 Å². The Bertz CT molecular complexity index is 783. The molecule has 2 aromatic rings. The molecule has 2 aromatic heterocycles. The van der Waals surface area contributed by atoms with Gasteiger partial charge in [-0.2, -0.15) is 0 Å². The molecule has 1 N–H and O–H groups in total. The predicted octanol–water partition coefficient (Wildman–Crippen LogP) is 4.50. The van der Waals surface area contributed by atoms with Gasteiger partial charge in [-0.15, -0.1) is 23.7 Å². The first kappa shape index (κ1) is 21.9. The number of nitrogens with zero attached hydrogens (tertiary/aromatic N) is 3. The van der Waals surface area contributed by atoms with Crippen molar-refractivity contribution in [3.8, 4) is 0 Å². The van der Waals surface area contributed by atoms with Crippen LogP contribution in [-0.2, 0) is 0 Å². The SMILES string of the molecule is Cl.O=C(NC(c1nccs1)C1CCCN(CC2CC=CCC2)C1)c1ccccn1. The Labute approximate surface area is 183 Å². The number of hydrogen-bond donors (Lipinski definition) is 1. The summed E-state index contributed by atoms with van der Waals surface area (Å²) in [4.78, 5) is 24.1. The van der Waals surface area contributed by atoms with Crippen molar-refractivity contribution >= 4 is 29.7 Å². The van der Waals surface area contributed by atoms with Crippen LogP contribution in [0.5, 0.6) is 0 Å². The highest BCUT2D eigenvalue weighted by Crippen LogP contribution is 2.32. The van der Waals surface area contributed by atoms with E-state index in [2.05, 4.69) is 32.3 Å². The van der Waals surface area contributed by atoms with E-state index in [1.54, 1.807) is 23.6 Å². The molecule has 0 spiro atoms. The fourth-order valence-electron chi connectivity index (χ4n) is 4.40. The van der Waals surface area contributed by atoms with Crippen LogP contribution in [0.15, 0.2) is 48.1 Å². The van der Waals surface area contributed by atoms with Gasteiger partial charge < -0.3 is 10.2 Å². The van der Waals surface area contributed by atoms with Gasteiger partial charge in [0.2, 0.25) is 0 Å². The molecule has 1 aliphatic heterocycles. The van der Waals surface area contributed by atoms with Crippen LogP contribution in [0.25, 0.3) is 0 Å². The average molecular weight is 433 g/mol. The lowest BCUT2D eigenvalue weighted by molar-refractivity contribution is 0.0862. The molecule has 2 aliphatic rings. The van der Waals surface area contributed by atoms with Gasteiger partial charge in [-0.3, -0.25) is 9.78 Å². The molecule has 5 nitrogen and oxygen atoms in total. The molecule has 4 rings (SSSR count). The minimum Gasteiger partial charge on any atom is -0.341 e. The average Bonchev–Trinajstić information content (AvgIpc) is 3.28. The largest absolute Gasteiger partial charge is 0.341 e. The Balaban J connectivity index is 0.00000240. The zero-order chi connectivity index (χ0) is 19.2. The van der Waals surface area contributed by atoms with Crippen molar-refractivity contribution < 1.29 is 4.79 Å². The maximum Gasteiger partial charge on any atom is 0.270 e. The highest BCUT2D eigenvalue weighted by atomic mass is 35.5. The normalized spacial score (nSPS) is 23.2. The van der Waals surface area contributed by atoms with Gasteiger partial charge in [0.25, 0.3) is 5.91 Å². The maximum atomic E-state index is 12.8. The van der Waals surface area contributed by atoms with Crippen LogP contribution in [0, 0.1) is 11.8 Å². The number of nitrogens with one attached hydrogen (secondary N) is 1. The Morgan fingerprint density at radius 2 is 2.17 bits per heavy atom. The molecule has 1 aliphatic carbocycles. The van der Waals surface area contributed by atoms with Gasteiger partial charge in [-0.25, -0.2) is 4.98 Å². The van der Waals surface area contributed by atoms with Gasteiger partial charge in [0.15, 0.2) is 0 Å². The highest BCUT2D eigenvalue weighted by molar-refractivity contribution is 7.09. The summed E-state index contributed by atoms with van der Waals surface area (Å²) in [6, 6.07) is 5.39. The monoisotopic (exact) mass is 432 g/mol. The van der Waals surface area contributed by atoms with E-state index in [0.29, 0.717) is 11.6 Å². The number of piperidine rings is 1. The molecule has 1 saturated heterocycles. The van der Waals surface area contributed by atoms with E-state index in [1.165, 1.54) is 32.2 Å². The molecule has 3 unspecified atom stereocenters. The Morgan fingerprint density at radius 1 is 1.24 bits per heavy atom. The van der Waals surface area contributed by atoms with Crippen molar-refractivity contribution in [2.24, 2.45) is 11.8 Å². The summed E-state index contributed by atoms with van der Waals surface area (Å²) in [6.07, 6.45) is 14.1. The zero-order valence-corrected chi connectivity index (χ0v) is 18.2. The number of amides is 1. The van der Waals surface area contributed by atoms with Crippen molar-refractivity contribution in [1.29, 1.82) is 0 Å². The quantitative estimate of drug-likeness (QED) is 0.683. The van der Waals surface area contributed by atoms with E-state index in [1.807, 2.05) is 23.7 Å². The van der Waals surface area contributed by atoms with Crippen LogP contribution in [-0.4, -0.2) is 40.4 Å². The van der Waals surface area contributed by atoms with E-state index in [0.717, 1.165) is 30.4 Å². The Kier molecular flexibility index (Phi) is 8.21. The lowest BCUT2D eigenvalue weighted by Crippen LogP contribution is -2.44. The van der Waals surface area contributed by atoms with Crippen LogP contribution in [0.2, 0.25) is 0 Å². The summed E-state index contributed by atoms with van der Waals surface area (Å²) in [5.41, 5.74) is 0.464. The second-order valence-electron chi connectivity index (χ2n) is 7.85. The number of hydrogen-bond acceptors (Lipinski definition) is 5. The summed E-state index contributed by atoms with van der Waals surface area (Å²) in [5, 5.41) is 6.23. The number of allylic oxidation sites excluding steroid dienone is 2. The van der Waals surface area contributed by atoms with Crippen molar-refractivity contribution in [3.63, 3.8) is 0 Å². The number of carbonyl (C=O) groups excluding carboxylic acids is 1. The van der Waals surface area contributed by atoms with E-state index >= 15 is 0 Å². The van der Waals surface area contributed by atoms with E-state index in [9.17, 15) is 4.79 Å². The first-order valence-electron chi connectivity index (χ1n) is 10.3. The highest BCUT2D eigenvalue weighted by Gasteiger charge is 2.32. The molecule has 1 fully saturated rings. The van der Waals surface area contributed by atoms with Crippen LogP contribution >= 0.6 is 23.7 Å². The predicted molar refractivity (Wildman–Crippen MR) is 119 cm³/mol. The summed E-state index contributed by atoms with van der Waals surface area (Å²) in [7, 11) is 0. The van der Waals surface area contributed by atoms with E-state index in [-0.39, 0.29) is 24.4 Å². The molecule has 3 heterocycles. The van der Waals surface area contributed by atoms with Crippen molar-refractivity contribution in [2.45, 2.75) is 38.1 Å². The Morgan fingerprint density at radius 3 is 2.90 bits per heavy atom. The van der Waals surface area contributed by atoms with Crippen LogP contribution in [0.1, 0.15) is 53.6 Å². The lowest BCUT2D eigenvalue weighted by Gasteiger charge is -2.38. The summed E-state index contributed by atoms with van der Waals surface area (Å²) < 4.78 is 0. The molecule has 0 bridgehead atoms. The second kappa shape index (κ2) is 10.9. The number of rotatable bonds is 6. The van der Waals surface area contributed by atoms with E-state index in [4.69, 9.17) is 0 Å². The van der Waals surface area contributed by atoms with Crippen LogP contribution in [0.3, 0.4) is 0 Å². The van der Waals surface area contributed by atoms with Gasteiger partial charge in [-0.1, -0.05) is 18.2 Å². The molecule has 0 aromatic carbocycles. The van der Waals surface area contributed by atoms with Crippen molar-refractivity contribution in [1.82, 2.24) is 20.2 Å². The standard InChI is InChI=1S/C22H28N4OS.ClH/c27-21(19-10-4-5-11-23-19)25-20(22-24-12-14-28-22)18-9-6-13-26(16-18)15-17-7-2-1-3-8-17;/h1-2,4-5,10-12,14,17-18,20H,3,6-9,13,15-16H2,(H,25,27);1H. The number of pyridine rings is 1. The fourth-order valence-corrected chi connectivity index (χ4v) is 5.18.